The molecule has 0 aliphatic heterocycles. The van der Waals surface area contributed by atoms with E-state index in [0.29, 0.717) is 41.3 Å². The van der Waals surface area contributed by atoms with Crippen LogP contribution in [0.25, 0.3) is 0 Å². The molecule has 152 valence electrons. The van der Waals surface area contributed by atoms with Gasteiger partial charge in [0, 0.05) is 32.3 Å². The molecule has 3 rings (SSSR count). The van der Waals surface area contributed by atoms with Gasteiger partial charge in [-0.15, -0.1) is 0 Å². The third-order valence-electron chi connectivity index (χ3n) is 4.35. The molecule has 0 fully saturated rings. The second-order valence-corrected chi connectivity index (χ2v) is 8.27. The molecule has 29 heavy (non-hydrogen) atoms. The van der Waals surface area contributed by atoms with E-state index in [9.17, 15) is 0 Å². The van der Waals surface area contributed by atoms with E-state index in [-0.39, 0.29) is 0 Å². The van der Waals surface area contributed by atoms with Crippen LogP contribution in [0.15, 0.2) is 59.1 Å². The average Bonchev–Trinajstić information content (AvgIpc) is 2.69. The zero-order valence-corrected chi connectivity index (χ0v) is 19.4. The van der Waals surface area contributed by atoms with E-state index in [1.807, 2.05) is 25.1 Å². The molecule has 0 unspecified atom stereocenters. The van der Waals surface area contributed by atoms with Crippen LogP contribution in [0.1, 0.15) is 23.6 Å². The Morgan fingerprint density at radius 2 is 1.62 bits per heavy atom. The highest BCUT2D eigenvalue weighted by Gasteiger charge is 2.12. The predicted octanol–water partition coefficient (Wildman–Crippen LogP) is 7.65. The van der Waals surface area contributed by atoms with Gasteiger partial charge < -0.3 is 14.8 Å². The largest absolute Gasteiger partial charge is 0.490 e. The van der Waals surface area contributed by atoms with Crippen molar-refractivity contribution < 1.29 is 9.47 Å². The van der Waals surface area contributed by atoms with Crippen molar-refractivity contribution in [3.8, 4) is 11.5 Å². The van der Waals surface area contributed by atoms with Crippen molar-refractivity contribution in [3.63, 3.8) is 0 Å². The number of rotatable bonds is 8. The number of anilines is 1. The molecule has 3 aromatic carbocycles. The summed E-state index contributed by atoms with van der Waals surface area (Å²) in [5.74, 6) is 1.35. The fourth-order valence-corrected chi connectivity index (χ4v) is 3.68. The van der Waals surface area contributed by atoms with Crippen LogP contribution < -0.4 is 14.8 Å². The van der Waals surface area contributed by atoms with Crippen molar-refractivity contribution in [2.24, 2.45) is 0 Å². The van der Waals surface area contributed by atoms with Gasteiger partial charge >= 0.3 is 0 Å². The van der Waals surface area contributed by atoms with Crippen molar-refractivity contribution in [2.75, 3.05) is 11.9 Å². The van der Waals surface area contributed by atoms with Crippen molar-refractivity contribution in [2.45, 2.75) is 27.0 Å². The lowest BCUT2D eigenvalue weighted by molar-refractivity contribution is 0.269. The molecule has 0 aliphatic rings. The SMILES string of the molecule is CCOc1cc(CNc2ccc(C)cc2)c(Br)cc1OCc1ccc(Cl)cc1Cl. The van der Waals surface area contributed by atoms with Crippen LogP contribution in [0.2, 0.25) is 10.0 Å². The predicted molar refractivity (Wildman–Crippen MR) is 125 cm³/mol. The first-order valence-electron chi connectivity index (χ1n) is 9.28. The zero-order valence-electron chi connectivity index (χ0n) is 16.3. The van der Waals surface area contributed by atoms with Gasteiger partial charge in [-0.05, 0) is 55.8 Å². The number of hydrogen-bond donors (Lipinski definition) is 1. The van der Waals surface area contributed by atoms with Crippen molar-refractivity contribution in [1.82, 2.24) is 0 Å². The highest BCUT2D eigenvalue weighted by atomic mass is 79.9. The van der Waals surface area contributed by atoms with Crippen LogP contribution in [0, 0.1) is 6.92 Å². The number of aryl methyl sites for hydroxylation is 1. The third-order valence-corrected chi connectivity index (χ3v) is 5.67. The number of hydrogen-bond acceptors (Lipinski definition) is 3. The lowest BCUT2D eigenvalue weighted by Gasteiger charge is -2.16. The van der Waals surface area contributed by atoms with Crippen molar-refractivity contribution >= 4 is 44.8 Å². The van der Waals surface area contributed by atoms with Gasteiger partial charge in [0.1, 0.15) is 6.61 Å². The fourth-order valence-electron chi connectivity index (χ4n) is 2.76. The molecular weight excluding hydrogens is 473 g/mol. The molecule has 0 spiro atoms. The molecule has 3 nitrogen and oxygen atoms in total. The smallest absolute Gasteiger partial charge is 0.162 e. The van der Waals surface area contributed by atoms with Gasteiger partial charge in [0.2, 0.25) is 0 Å². The standard InChI is InChI=1S/C23H22BrCl2NO2/c1-3-28-22-10-17(13-27-19-8-4-15(2)5-9-19)20(24)12-23(22)29-14-16-6-7-18(25)11-21(16)26/h4-12,27H,3,13-14H2,1-2H3. The van der Waals surface area contributed by atoms with Crippen LogP contribution in [-0.2, 0) is 13.2 Å². The molecule has 6 heteroatoms. The molecule has 0 heterocycles. The van der Waals surface area contributed by atoms with E-state index < -0.39 is 0 Å². The van der Waals surface area contributed by atoms with Gasteiger partial charge in [0.05, 0.1) is 6.61 Å². The summed E-state index contributed by atoms with van der Waals surface area (Å²) in [6.07, 6.45) is 0. The summed E-state index contributed by atoms with van der Waals surface area (Å²) in [6, 6.07) is 17.6. The first kappa shape index (κ1) is 21.8. The van der Waals surface area contributed by atoms with Gasteiger partial charge in [0.15, 0.2) is 11.5 Å². The summed E-state index contributed by atoms with van der Waals surface area (Å²) in [6.45, 7) is 5.55. The molecule has 0 radical (unpaired) electrons. The van der Waals surface area contributed by atoms with Crippen LogP contribution in [0.5, 0.6) is 11.5 Å². The van der Waals surface area contributed by atoms with E-state index in [0.717, 1.165) is 21.3 Å². The Morgan fingerprint density at radius 3 is 2.31 bits per heavy atom. The number of benzene rings is 3. The van der Waals surface area contributed by atoms with Crippen molar-refractivity contribution in [1.29, 1.82) is 0 Å². The van der Waals surface area contributed by atoms with E-state index >= 15 is 0 Å². The molecule has 0 saturated heterocycles. The normalized spacial score (nSPS) is 10.7. The Kier molecular flexibility index (Phi) is 7.70. The van der Waals surface area contributed by atoms with Gasteiger partial charge in [0.25, 0.3) is 0 Å². The molecular formula is C23H22BrCl2NO2. The minimum Gasteiger partial charge on any atom is -0.490 e. The topological polar surface area (TPSA) is 30.5 Å². The van der Waals surface area contributed by atoms with Crippen LogP contribution in [-0.4, -0.2) is 6.61 Å². The Labute approximate surface area is 190 Å². The lowest BCUT2D eigenvalue weighted by atomic mass is 10.1. The molecule has 0 aliphatic carbocycles. The van der Waals surface area contributed by atoms with E-state index in [2.05, 4.69) is 52.4 Å². The fraction of sp³-hybridized carbons (Fsp3) is 0.217. The zero-order chi connectivity index (χ0) is 20.8. The van der Waals surface area contributed by atoms with E-state index in [4.69, 9.17) is 32.7 Å². The Balaban J connectivity index is 1.75. The second-order valence-electron chi connectivity index (χ2n) is 6.57. The summed E-state index contributed by atoms with van der Waals surface area (Å²) in [4.78, 5) is 0. The molecule has 0 bridgehead atoms. The first-order valence-corrected chi connectivity index (χ1v) is 10.8. The Bertz CT molecular complexity index is 977. The Hall–Kier alpha value is -1.88. The van der Waals surface area contributed by atoms with Gasteiger partial charge in [-0.2, -0.15) is 0 Å². The monoisotopic (exact) mass is 493 g/mol. The maximum absolute atomic E-state index is 6.25. The minimum absolute atomic E-state index is 0.323. The minimum atomic E-state index is 0.323. The number of ether oxygens (including phenoxy) is 2. The summed E-state index contributed by atoms with van der Waals surface area (Å²) in [5.41, 5.74) is 4.24. The van der Waals surface area contributed by atoms with E-state index in [1.54, 1.807) is 12.1 Å². The summed E-state index contributed by atoms with van der Waals surface area (Å²) in [7, 11) is 0. The van der Waals surface area contributed by atoms with Gasteiger partial charge in [-0.25, -0.2) is 0 Å². The van der Waals surface area contributed by atoms with E-state index in [1.165, 1.54) is 5.56 Å². The second kappa shape index (κ2) is 10.2. The van der Waals surface area contributed by atoms with Gasteiger partial charge in [-0.1, -0.05) is 62.9 Å². The van der Waals surface area contributed by atoms with Crippen LogP contribution in [0.3, 0.4) is 0 Å². The summed E-state index contributed by atoms with van der Waals surface area (Å²) >= 11 is 15.9. The molecule has 3 aromatic rings. The maximum Gasteiger partial charge on any atom is 0.162 e. The molecule has 0 amide bonds. The third kappa shape index (κ3) is 6.05. The molecule has 0 aromatic heterocycles. The molecule has 0 saturated carbocycles. The average molecular weight is 495 g/mol. The lowest BCUT2D eigenvalue weighted by Crippen LogP contribution is -2.04. The number of halogens is 3. The van der Waals surface area contributed by atoms with Crippen molar-refractivity contribution in [3.05, 3.63) is 85.8 Å². The Morgan fingerprint density at radius 1 is 0.897 bits per heavy atom. The first-order chi connectivity index (χ1) is 14.0. The van der Waals surface area contributed by atoms with Crippen LogP contribution in [0.4, 0.5) is 5.69 Å². The van der Waals surface area contributed by atoms with Crippen LogP contribution >= 0.6 is 39.1 Å². The quantitative estimate of drug-likeness (QED) is 0.348. The summed E-state index contributed by atoms with van der Waals surface area (Å²) < 4.78 is 12.8. The number of nitrogens with one attached hydrogen (secondary N) is 1. The highest BCUT2D eigenvalue weighted by molar-refractivity contribution is 9.10. The molecule has 0 atom stereocenters. The molecule has 1 N–H and O–H groups in total. The maximum atomic E-state index is 6.25. The highest BCUT2D eigenvalue weighted by Crippen LogP contribution is 2.35. The van der Waals surface area contributed by atoms with Gasteiger partial charge in [-0.3, -0.25) is 0 Å². The summed E-state index contributed by atoms with van der Waals surface area (Å²) in [5, 5.41) is 4.61.